The molecule has 25 heavy (non-hydrogen) atoms. The zero-order chi connectivity index (χ0) is 17.7. The maximum absolute atomic E-state index is 13.4. The van der Waals surface area contributed by atoms with Gasteiger partial charge in [-0.3, -0.25) is 4.99 Å². The minimum Gasteiger partial charge on any atom is -0.334 e. The molecule has 2 aromatic rings. The molecule has 0 aromatic heterocycles. The summed E-state index contributed by atoms with van der Waals surface area (Å²) in [6.45, 7) is 0.606. The standard InChI is InChI=1S/C19H20F2N4/c20-16-7-6-15(12-17(16)21)13-19(22)9-11-24-18(25-19)23-10-8-14-4-2-1-3-5-14/h1-7,9,11-12H,8,10,13,22H2,(H2,23,24,25). The van der Waals surface area contributed by atoms with Crippen LogP contribution in [0.25, 0.3) is 0 Å². The molecule has 0 amide bonds. The average molecular weight is 342 g/mol. The zero-order valence-corrected chi connectivity index (χ0v) is 13.7. The monoisotopic (exact) mass is 342 g/mol. The molecule has 4 N–H and O–H groups in total. The highest BCUT2D eigenvalue weighted by atomic mass is 19.2. The van der Waals surface area contributed by atoms with Crippen LogP contribution in [0.4, 0.5) is 8.78 Å². The molecule has 0 aliphatic carbocycles. The van der Waals surface area contributed by atoms with Crippen molar-refractivity contribution in [2.45, 2.75) is 18.5 Å². The Balaban J connectivity index is 1.63. The Hall–Kier alpha value is -2.73. The van der Waals surface area contributed by atoms with Crippen LogP contribution in [0.3, 0.4) is 0 Å². The van der Waals surface area contributed by atoms with Crippen molar-refractivity contribution in [1.82, 2.24) is 10.6 Å². The highest BCUT2D eigenvalue weighted by Crippen LogP contribution is 2.15. The second-order valence-electron chi connectivity index (χ2n) is 6.03. The van der Waals surface area contributed by atoms with E-state index in [1.165, 1.54) is 11.6 Å². The fourth-order valence-corrected chi connectivity index (χ4v) is 2.68. The van der Waals surface area contributed by atoms with Crippen LogP contribution in [0.1, 0.15) is 11.1 Å². The molecule has 1 aliphatic rings. The summed E-state index contributed by atoms with van der Waals surface area (Å²) >= 11 is 0. The van der Waals surface area contributed by atoms with Gasteiger partial charge in [-0.1, -0.05) is 36.4 Å². The van der Waals surface area contributed by atoms with E-state index in [1.807, 2.05) is 18.2 Å². The van der Waals surface area contributed by atoms with Crippen LogP contribution in [-0.4, -0.2) is 18.2 Å². The van der Waals surface area contributed by atoms with Crippen molar-refractivity contribution in [2.24, 2.45) is 10.7 Å². The number of hydrogen-bond acceptors (Lipinski definition) is 2. The Labute approximate surface area is 145 Å². The number of hydrogen-bond donors (Lipinski definition) is 3. The van der Waals surface area contributed by atoms with Crippen LogP contribution in [-0.2, 0) is 12.8 Å². The van der Waals surface area contributed by atoms with Crippen molar-refractivity contribution in [3.8, 4) is 0 Å². The third kappa shape index (κ3) is 4.64. The normalized spacial score (nSPS) is 21.0. The predicted octanol–water partition coefficient (Wildman–Crippen LogP) is 2.47. The summed E-state index contributed by atoms with van der Waals surface area (Å²) in [6, 6.07) is 13.9. The molecule has 0 saturated carbocycles. The van der Waals surface area contributed by atoms with Gasteiger partial charge in [-0.05, 0) is 35.8 Å². The molecule has 1 unspecified atom stereocenters. The molecular weight excluding hydrogens is 322 g/mol. The molecule has 4 nitrogen and oxygen atoms in total. The van der Waals surface area contributed by atoms with Crippen molar-refractivity contribution in [1.29, 1.82) is 0 Å². The summed E-state index contributed by atoms with van der Waals surface area (Å²) in [6.07, 6.45) is 4.57. The van der Waals surface area contributed by atoms with Gasteiger partial charge < -0.3 is 16.4 Å². The van der Waals surface area contributed by atoms with Gasteiger partial charge in [-0.15, -0.1) is 0 Å². The van der Waals surface area contributed by atoms with Gasteiger partial charge in [-0.2, -0.15) is 0 Å². The number of halogens is 2. The smallest absolute Gasteiger partial charge is 0.197 e. The molecule has 6 heteroatoms. The van der Waals surface area contributed by atoms with Crippen molar-refractivity contribution >= 4 is 5.96 Å². The summed E-state index contributed by atoms with van der Waals surface area (Å²) in [5.41, 5.74) is 7.21. The first-order chi connectivity index (χ1) is 12.0. The van der Waals surface area contributed by atoms with Gasteiger partial charge in [0, 0.05) is 19.2 Å². The van der Waals surface area contributed by atoms with Gasteiger partial charge in [0.2, 0.25) is 0 Å². The molecule has 3 rings (SSSR count). The van der Waals surface area contributed by atoms with Crippen molar-refractivity contribution in [3.05, 3.63) is 83.6 Å². The largest absolute Gasteiger partial charge is 0.334 e. The number of nitrogens with two attached hydrogens (primary N) is 1. The summed E-state index contributed by atoms with van der Waals surface area (Å²) in [5, 5.41) is 6.12. The van der Waals surface area contributed by atoms with Gasteiger partial charge in [0.1, 0.15) is 5.66 Å². The van der Waals surface area contributed by atoms with E-state index in [4.69, 9.17) is 5.73 Å². The fourth-order valence-electron chi connectivity index (χ4n) is 2.68. The van der Waals surface area contributed by atoms with Crippen molar-refractivity contribution < 1.29 is 8.78 Å². The third-order valence-corrected chi connectivity index (χ3v) is 3.95. The first-order valence-corrected chi connectivity index (χ1v) is 8.08. The summed E-state index contributed by atoms with van der Waals surface area (Å²) in [7, 11) is 0. The number of rotatable bonds is 5. The lowest BCUT2D eigenvalue weighted by Gasteiger charge is -2.32. The van der Waals surface area contributed by atoms with E-state index < -0.39 is 17.3 Å². The minimum atomic E-state index is -0.916. The van der Waals surface area contributed by atoms with Gasteiger partial charge in [0.25, 0.3) is 0 Å². The lowest BCUT2D eigenvalue weighted by molar-refractivity contribution is 0.466. The van der Waals surface area contributed by atoms with Crippen molar-refractivity contribution in [2.75, 3.05) is 6.54 Å². The second-order valence-corrected chi connectivity index (χ2v) is 6.03. The lowest BCUT2D eigenvalue weighted by atomic mass is 9.99. The molecule has 0 radical (unpaired) electrons. The second kappa shape index (κ2) is 7.44. The van der Waals surface area contributed by atoms with Crippen LogP contribution < -0.4 is 16.4 Å². The summed E-state index contributed by atoms with van der Waals surface area (Å²) in [4.78, 5) is 4.48. The molecule has 1 aliphatic heterocycles. The SMILES string of the molecule is NC1(Cc2ccc(F)c(F)c2)C=CNC(=NCCc2ccccc2)N1. The molecule has 1 heterocycles. The van der Waals surface area contributed by atoms with Crippen LogP contribution in [0.2, 0.25) is 0 Å². The molecule has 0 spiro atoms. The number of nitrogens with one attached hydrogen (secondary N) is 2. The molecule has 0 fully saturated rings. The first kappa shape index (κ1) is 17.1. The third-order valence-electron chi connectivity index (χ3n) is 3.95. The molecule has 2 aromatic carbocycles. The van der Waals surface area contributed by atoms with E-state index in [0.717, 1.165) is 18.6 Å². The van der Waals surface area contributed by atoms with Gasteiger partial charge in [-0.25, -0.2) is 8.78 Å². The average Bonchev–Trinajstić information content (AvgIpc) is 2.59. The maximum Gasteiger partial charge on any atom is 0.197 e. The topological polar surface area (TPSA) is 62.4 Å². The number of aliphatic imine (C=N–C) groups is 1. The predicted molar refractivity (Wildman–Crippen MR) is 94.8 cm³/mol. The summed E-state index contributed by atoms with van der Waals surface area (Å²) < 4.78 is 26.4. The van der Waals surface area contributed by atoms with Crippen LogP contribution in [0, 0.1) is 11.6 Å². The highest BCUT2D eigenvalue weighted by Gasteiger charge is 2.26. The Morgan fingerprint density at radius 3 is 2.56 bits per heavy atom. The Morgan fingerprint density at radius 2 is 1.80 bits per heavy atom. The summed E-state index contributed by atoms with van der Waals surface area (Å²) in [5.74, 6) is -1.19. The van der Waals surface area contributed by atoms with Crippen molar-refractivity contribution in [3.63, 3.8) is 0 Å². The molecule has 130 valence electrons. The van der Waals surface area contributed by atoms with Gasteiger partial charge >= 0.3 is 0 Å². The van der Waals surface area contributed by atoms with E-state index in [2.05, 4.69) is 27.8 Å². The van der Waals surface area contributed by atoms with E-state index in [9.17, 15) is 8.78 Å². The van der Waals surface area contributed by atoms with E-state index in [-0.39, 0.29) is 0 Å². The van der Waals surface area contributed by atoms with E-state index in [0.29, 0.717) is 24.5 Å². The number of guanidine groups is 1. The molecular formula is C19H20F2N4. The van der Waals surface area contributed by atoms with Crippen LogP contribution >= 0.6 is 0 Å². The zero-order valence-electron chi connectivity index (χ0n) is 13.7. The van der Waals surface area contributed by atoms with Gasteiger partial charge in [0.15, 0.2) is 17.6 Å². The Kier molecular flexibility index (Phi) is 5.09. The molecule has 1 atom stereocenters. The van der Waals surface area contributed by atoms with E-state index >= 15 is 0 Å². The fraction of sp³-hybridized carbons (Fsp3) is 0.211. The van der Waals surface area contributed by atoms with E-state index in [1.54, 1.807) is 12.3 Å². The molecule has 0 saturated heterocycles. The van der Waals surface area contributed by atoms with Crippen LogP contribution in [0.15, 0.2) is 65.8 Å². The Morgan fingerprint density at radius 1 is 1.00 bits per heavy atom. The maximum atomic E-state index is 13.4. The quantitative estimate of drug-likeness (QED) is 0.782. The number of nitrogens with zero attached hydrogens (tertiary/aromatic N) is 1. The number of benzene rings is 2. The van der Waals surface area contributed by atoms with Gasteiger partial charge in [0.05, 0.1) is 0 Å². The Bertz CT molecular complexity index is 789. The highest BCUT2D eigenvalue weighted by molar-refractivity contribution is 5.83. The first-order valence-electron chi connectivity index (χ1n) is 8.08. The van der Waals surface area contributed by atoms with Crippen LogP contribution in [0.5, 0.6) is 0 Å². The minimum absolute atomic E-state index is 0.306. The molecule has 0 bridgehead atoms. The lowest BCUT2D eigenvalue weighted by Crippen LogP contribution is -2.61.